The SMILES string of the molecule is CCN(CC)CCCC(C)N(CC1=CCC2CC1C2(C)C)C(=O)Nc1ccc(OC)cc1OC. The maximum absolute atomic E-state index is 13.6. The molecule has 1 fully saturated rings. The molecule has 0 aliphatic heterocycles. The van der Waals surface area contributed by atoms with Gasteiger partial charge in [-0.25, -0.2) is 4.79 Å². The lowest BCUT2D eigenvalue weighted by molar-refractivity contribution is -0.0103. The second-order valence-corrected chi connectivity index (χ2v) is 10.5. The lowest BCUT2D eigenvalue weighted by atomic mass is 9.49. The van der Waals surface area contributed by atoms with Gasteiger partial charge in [0.25, 0.3) is 0 Å². The number of fused-ring (bicyclic) bond motifs is 1. The van der Waals surface area contributed by atoms with Gasteiger partial charge >= 0.3 is 6.03 Å². The number of carbonyl (C=O) groups excluding carboxylic acids is 1. The second kappa shape index (κ2) is 11.5. The number of benzene rings is 1. The number of rotatable bonds is 12. The highest BCUT2D eigenvalue weighted by Crippen LogP contribution is 2.59. The van der Waals surface area contributed by atoms with Crippen LogP contribution < -0.4 is 14.8 Å². The van der Waals surface area contributed by atoms with Crippen molar-refractivity contribution < 1.29 is 14.3 Å². The summed E-state index contributed by atoms with van der Waals surface area (Å²) in [6, 6.07) is 5.56. The van der Waals surface area contributed by atoms with E-state index in [2.05, 4.69) is 50.9 Å². The van der Waals surface area contributed by atoms with E-state index in [1.165, 1.54) is 12.0 Å². The van der Waals surface area contributed by atoms with Crippen LogP contribution in [-0.4, -0.2) is 62.3 Å². The Morgan fingerprint density at radius 1 is 1.21 bits per heavy atom. The van der Waals surface area contributed by atoms with E-state index in [0.29, 0.717) is 35.1 Å². The highest BCUT2D eigenvalue weighted by Gasteiger charge is 2.51. The van der Waals surface area contributed by atoms with E-state index >= 15 is 0 Å². The van der Waals surface area contributed by atoms with Crippen molar-refractivity contribution in [2.75, 3.05) is 45.7 Å². The molecule has 2 bridgehead atoms. The Morgan fingerprint density at radius 2 is 1.94 bits per heavy atom. The molecule has 1 saturated carbocycles. The number of hydrogen-bond acceptors (Lipinski definition) is 4. The molecule has 4 rings (SSSR count). The molecule has 190 valence electrons. The van der Waals surface area contributed by atoms with Crippen molar-refractivity contribution in [3.63, 3.8) is 0 Å². The highest BCUT2D eigenvalue weighted by atomic mass is 16.5. The molecule has 3 aliphatic rings. The number of allylic oxidation sites excluding steroid dienone is 1. The number of hydrogen-bond donors (Lipinski definition) is 1. The van der Waals surface area contributed by atoms with Crippen LogP contribution >= 0.6 is 0 Å². The summed E-state index contributed by atoms with van der Waals surface area (Å²) in [5.74, 6) is 2.67. The maximum Gasteiger partial charge on any atom is 0.322 e. The maximum atomic E-state index is 13.6. The molecule has 2 amide bonds. The van der Waals surface area contributed by atoms with Crippen LogP contribution in [0.5, 0.6) is 11.5 Å². The van der Waals surface area contributed by atoms with Crippen LogP contribution in [-0.2, 0) is 0 Å². The Hall–Kier alpha value is -2.21. The van der Waals surface area contributed by atoms with E-state index in [9.17, 15) is 4.79 Å². The first-order valence-electron chi connectivity index (χ1n) is 13.0. The highest BCUT2D eigenvalue weighted by molar-refractivity contribution is 5.91. The molecule has 34 heavy (non-hydrogen) atoms. The van der Waals surface area contributed by atoms with Gasteiger partial charge in [-0.3, -0.25) is 0 Å². The fraction of sp³-hybridized carbons (Fsp3) is 0.679. The number of carbonyl (C=O) groups is 1. The van der Waals surface area contributed by atoms with Crippen LogP contribution in [0.4, 0.5) is 10.5 Å². The van der Waals surface area contributed by atoms with Crippen molar-refractivity contribution in [3.8, 4) is 11.5 Å². The van der Waals surface area contributed by atoms with Gasteiger partial charge in [-0.2, -0.15) is 0 Å². The van der Waals surface area contributed by atoms with E-state index in [1.54, 1.807) is 20.3 Å². The number of anilines is 1. The zero-order valence-corrected chi connectivity index (χ0v) is 22.3. The first-order valence-corrected chi connectivity index (χ1v) is 13.0. The number of urea groups is 1. The largest absolute Gasteiger partial charge is 0.497 e. The van der Waals surface area contributed by atoms with Gasteiger partial charge in [-0.15, -0.1) is 0 Å². The molecule has 3 aliphatic carbocycles. The summed E-state index contributed by atoms with van der Waals surface area (Å²) in [4.78, 5) is 18.1. The number of ether oxygens (including phenoxy) is 2. The van der Waals surface area contributed by atoms with Crippen LogP contribution in [0.1, 0.15) is 60.3 Å². The number of methoxy groups -OCH3 is 2. The lowest BCUT2D eigenvalue weighted by Gasteiger charge is -2.57. The van der Waals surface area contributed by atoms with Crippen LogP contribution in [0.15, 0.2) is 29.8 Å². The van der Waals surface area contributed by atoms with Crippen molar-refractivity contribution in [3.05, 3.63) is 29.8 Å². The van der Waals surface area contributed by atoms with Crippen LogP contribution in [0.25, 0.3) is 0 Å². The van der Waals surface area contributed by atoms with Gasteiger partial charge in [0.15, 0.2) is 0 Å². The fourth-order valence-corrected chi connectivity index (χ4v) is 5.68. The molecule has 0 saturated heterocycles. The summed E-state index contributed by atoms with van der Waals surface area (Å²) in [5, 5.41) is 3.12. The molecule has 6 nitrogen and oxygen atoms in total. The molecular formula is C28H45N3O3. The van der Waals surface area contributed by atoms with Gasteiger partial charge in [0.2, 0.25) is 0 Å². The van der Waals surface area contributed by atoms with Gasteiger partial charge in [-0.05, 0) is 81.6 Å². The zero-order valence-electron chi connectivity index (χ0n) is 22.3. The van der Waals surface area contributed by atoms with Crippen LogP contribution in [0.3, 0.4) is 0 Å². The van der Waals surface area contributed by atoms with E-state index < -0.39 is 0 Å². The number of nitrogens with zero attached hydrogens (tertiary/aromatic N) is 2. The van der Waals surface area contributed by atoms with E-state index in [0.717, 1.165) is 44.8 Å². The summed E-state index contributed by atoms with van der Waals surface area (Å²) in [7, 11) is 3.24. The van der Waals surface area contributed by atoms with E-state index in [-0.39, 0.29) is 12.1 Å². The average Bonchev–Trinajstić information content (AvgIpc) is 2.85. The molecule has 0 radical (unpaired) electrons. The third-order valence-electron chi connectivity index (χ3n) is 8.37. The van der Waals surface area contributed by atoms with Crippen molar-refractivity contribution in [1.29, 1.82) is 0 Å². The molecule has 3 unspecified atom stereocenters. The number of amides is 2. The summed E-state index contributed by atoms with van der Waals surface area (Å²) >= 11 is 0. The molecule has 3 atom stereocenters. The van der Waals surface area contributed by atoms with Gasteiger partial charge in [0, 0.05) is 18.7 Å². The summed E-state index contributed by atoms with van der Waals surface area (Å²) < 4.78 is 10.8. The Bertz CT molecular complexity index is 862. The van der Waals surface area contributed by atoms with Crippen molar-refractivity contribution in [2.24, 2.45) is 17.3 Å². The van der Waals surface area contributed by atoms with Gasteiger partial charge < -0.3 is 24.6 Å². The lowest BCUT2D eigenvalue weighted by Crippen LogP contribution is -2.51. The Labute approximate surface area is 206 Å². The van der Waals surface area contributed by atoms with E-state index in [4.69, 9.17) is 9.47 Å². The molecule has 1 N–H and O–H groups in total. The van der Waals surface area contributed by atoms with Gasteiger partial charge in [0.05, 0.1) is 19.9 Å². The van der Waals surface area contributed by atoms with Gasteiger partial charge in [0.1, 0.15) is 11.5 Å². The van der Waals surface area contributed by atoms with Crippen molar-refractivity contribution >= 4 is 11.7 Å². The van der Waals surface area contributed by atoms with Gasteiger partial charge in [-0.1, -0.05) is 39.3 Å². The Morgan fingerprint density at radius 3 is 2.53 bits per heavy atom. The van der Waals surface area contributed by atoms with Crippen LogP contribution in [0, 0.1) is 17.3 Å². The molecular weight excluding hydrogens is 426 g/mol. The minimum absolute atomic E-state index is 0.0704. The zero-order chi connectivity index (χ0) is 24.9. The van der Waals surface area contributed by atoms with E-state index in [1.807, 2.05) is 17.0 Å². The summed E-state index contributed by atoms with van der Waals surface area (Å²) in [6.07, 6.45) is 6.86. The average molecular weight is 472 g/mol. The number of nitrogens with one attached hydrogen (secondary N) is 1. The smallest absolute Gasteiger partial charge is 0.322 e. The molecule has 1 aromatic carbocycles. The summed E-state index contributed by atoms with van der Waals surface area (Å²) in [5.41, 5.74) is 2.44. The quantitative estimate of drug-likeness (QED) is 0.378. The second-order valence-electron chi connectivity index (χ2n) is 10.5. The molecule has 0 aromatic heterocycles. The predicted molar refractivity (Wildman–Crippen MR) is 140 cm³/mol. The van der Waals surface area contributed by atoms with Crippen molar-refractivity contribution in [2.45, 2.75) is 66.3 Å². The standard InChI is InChI=1S/C28H45N3O3/c1-8-30(9-2)16-10-11-20(3)31(19-21-12-13-22-17-24(21)28(22,4)5)27(32)29-25-15-14-23(33-6)18-26(25)34-7/h12,14-15,18,20,22,24H,8-11,13,16-17,19H2,1-7H3,(H,29,32). The molecule has 0 heterocycles. The summed E-state index contributed by atoms with van der Waals surface area (Å²) in [6.45, 7) is 15.3. The topological polar surface area (TPSA) is 54.0 Å². The van der Waals surface area contributed by atoms with Crippen molar-refractivity contribution in [1.82, 2.24) is 9.80 Å². The Kier molecular flexibility index (Phi) is 8.91. The minimum atomic E-state index is -0.0704. The molecule has 1 aromatic rings. The first kappa shape index (κ1) is 26.4. The normalized spacial score (nSPS) is 21.4. The minimum Gasteiger partial charge on any atom is -0.497 e. The molecule has 0 spiro atoms. The Balaban J connectivity index is 1.75. The first-order chi connectivity index (χ1) is 16.2. The van der Waals surface area contributed by atoms with Crippen LogP contribution in [0.2, 0.25) is 0 Å². The monoisotopic (exact) mass is 471 g/mol. The fourth-order valence-electron chi connectivity index (χ4n) is 5.68. The third kappa shape index (κ3) is 5.70. The third-order valence-corrected chi connectivity index (χ3v) is 8.37. The predicted octanol–water partition coefficient (Wildman–Crippen LogP) is 6.04. The molecule has 6 heteroatoms.